The Morgan fingerprint density at radius 2 is 1.70 bits per heavy atom. The lowest BCUT2D eigenvalue weighted by atomic mass is 9.88. The van der Waals surface area contributed by atoms with Gasteiger partial charge < -0.3 is 33.6 Å². The lowest BCUT2D eigenvalue weighted by Crippen LogP contribution is -2.41. The molecule has 10 heteroatoms. The van der Waals surface area contributed by atoms with E-state index in [1.54, 1.807) is 14.2 Å². The van der Waals surface area contributed by atoms with E-state index in [1.807, 2.05) is 55.1 Å². The van der Waals surface area contributed by atoms with Gasteiger partial charge in [0, 0.05) is 56.9 Å². The van der Waals surface area contributed by atoms with Crippen LogP contribution < -0.4 is 5.32 Å². The lowest BCUT2D eigenvalue weighted by Gasteiger charge is -2.29. The zero-order valence-electron chi connectivity index (χ0n) is 27.9. The highest BCUT2D eigenvalue weighted by molar-refractivity contribution is 6.12. The number of aryl methyl sites for hydroxylation is 2. The number of aldehydes is 1. The fourth-order valence-electron chi connectivity index (χ4n) is 7.59. The molecular formula is C37H47N3O7. The van der Waals surface area contributed by atoms with Crippen LogP contribution in [0.4, 0.5) is 5.69 Å². The van der Waals surface area contributed by atoms with Crippen molar-refractivity contribution in [1.29, 1.82) is 0 Å². The van der Waals surface area contributed by atoms with E-state index >= 15 is 0 Å². The van der Waals surface area contributed by atoms with E-state index in [9.17, 15) is 14.4 Å². The van der Waals surface area contributed by atoms with Gasteiger partial charge in [-0.3, -0.25) is 14.5 Å². The molecule has 0 radical (unpaired) electrons. The second-order valence-corrected chi connectivity index (χ2v) is 13.5. The van der Waals surface area contributed by atoms with Crippen LogP contribution in [-0.2, 0) is 30.2 Å². The van der Waals surface area contributed by atoms with Crippen molar-refractivity contribution in [1.82, 2.24) is 9.80 Å². The second kappa shape index (κ2) is 14.7. The van der Waals surface area contributed by atoms with E-state index in [0.29, 0.717) is 30.0 Å². The molecule has 2 amide bonds. The predicted octanol–water partition coefficient (Wildman–Crippen LogP) is 4.93. The van der Waals surface area contributed by atoms with Crippen LogP contribution in [0.3, 0.4) is 0 Å². The first-order chi connectivity index (χ1) is 22.8. The van der Waals surface area contributed by atoms with E-state index in [0.717, 1.165) is 73.6 Å². The minimum absolute atomic E-state index is 0.00400. The third kappa shape index (κ3) is 7.31. The molecule has 2 saturated heterocycles. The maximum atomic E-state index is 14.0. The van der Waals surface area contributed by atoms with Crippen molar-refractivity contribution in [3.63, 3.8) is 0 Å². The number of nitrogens with zero attached hydrogens (tertiary/aromatic N) is 2. The molecule has 10 nitrogen and oxygen atoms in total. The molecule has 1 unspecified atom stereocenters. The Labute approximate surface area is 276 Å². The molecule has 2 aromatic carbocycles. The number of nitrogens with one attached hydrogen (secondary N) is 1. The summed E-state index contributed by atoms with van der Waals surface area (Å²) < 4.78 is 23.4. The summed E-state index contributed by atoms with van der Waals surface area (Å²) >= 11 is 0. The van der Waals surface area contributed by atoms with Crippen molar-refractivity contribution in [2.24, 2.45) is 5.92 Å². The molecule has 1 N–H and O–H groups in total. The number of fused-ring (bicyclic) bond motifs is 1. The zero-order valence-corrected chi connectivity index (χ0v) is 27.9. The Kier molecular flexibility index (Phi) is 10.4. The number of carbonyl (C=O) groups excluding carboxylic acids is 3. The maximum absolute atomic E-state index is 14.0. The standard InChI is InChI=1S/C37H47N3O7/c1-23-14-32(38-37(43)31-22-47-33-8-6-5-7-30(31)33)24(2)13-26(23)15-36(42)40-17-27(39-18-34(44-3)35(19-39)45-4)16-28(40)21-46-29-11-9-25(20-41)10-12-29/h5-8,13-14,20,22,25,27-29,34-35H,9-12,15-19,21H2,1-4H3,(H,38,43)/t25?,27-,28-,29?,34-,35?/m0/s1. The number of ether oxygens (including phenoxy) is 3. The van der Waals surface area contributed by atoms with E-state index in [4.69, 9.17) is 18.6 Å². The van der Waals surface area contributed by atoms with Crippen molar-refractivity contribution >= 4 is 34.8 Å². The Hall–Kier alpha value is -3.57. The van der Waals surface area contributed by atoms with Gasteiger partial charge >= 0.3 is 0 Å². The van der Waals surface area contributed by atoms with Gasteiger partial charge in [-0.05, 0) is 74.8 Å². The maximum Gasteiger partial charge on any atom is 0.259 e. The first kappa shape index (κ1) is 33.3. The highest BCUT2D eigenvalue weighted by Crippen LogP contribution is 2.31. The van der Waals surface area contributed by atoms with Gasteiger partial charge in [0.15, 0.2) is 0 Å². The number of furan rings is 1. The summed E-state index contributed by atoms with van der Waals surface area (Å²) in [7, 11) is 3.45. The molecule has 2 aliphatic heterocycles. The zero-order chi connectivity index (χ0) is 33.1. The van der Waals surface area contributed by atoms with Crippen LogP contribution in [0, 0.1) is 19.8 Å². The monoisotopic (exact) mass is 645 g/mol. The van der Waals surface area contributed by atoms with Crippen molar-refractivity contribution in [3.05, 3.63) is 64.9 Å². The largest absolute Gasteiger partial charge is 0.463 e. The average molecular weight is 646 g/mol. The average Bonchev–Trinajstić information content (AvgIpc) is 3.83. The summed E-state index contributed by atoms with van der Waals surface area (Å²) in [5, 5.41) is 3.81. The van der Waals surface area contributed by atoms with Crippen molar-refractivity contribution in [2.45, 2.75) is 82.8 Å². The van der Waals surface area contributed by atoms with Crippen molar-refractivity contribution in [2.75, 3.05) is 45.8 Å². The van der Waals surface area contributed by atoms with Crippen LogP contribution in [0.25, 0.3) is 11.0 Å². The van der Waals surface area contributed by atoms with E-state index in [1.165, 1.54) is 6.26 Å². The van der Waals surface area contributed by atoms with Gasteiger partial charge in [-0.15, -0.1) is 0 Å². The molecular weight excluding hydrogens is 598 g/mol. The van der Waals surface area contributed by atoms with Crippen LogP contribution in [0.1, 0.15) is 59.2 Å². The molecule has 252 valence electrons. The van der Waals surface area contributed by atoms with Crippen LogP contribution in [0.5, 0.6) is 0 Å². The summed E-state index contributed by atoms with van der Waals surface area (Å²) in [6, 6.07) is 11.6. The smallest absolute Gasteiger partial charge is 0.259 e. The fourth-order valence-corrected chi connectivity index (χ4v) is 7.59. The Morgan fingerprint density at radius 3 is 2.40 bits per heavy atom. The lowest BCUT2D eigenvalue weighted by molar-refractivity contribution is -0.133. The van der Waals surface area contributed by atoms with Crippen molar-refractivity contribution in [3.8, 4) is 0 Å². The van der Waals surface area contributed by atoms with Crippen LogP contribution in [0.15, 0.2) is 47.1 Å². The second-order valence-electron chi connectivity index (χ2n) is 13.5. The normalized spacial score (nSPS) is 26.6. The van der Waals surface area contributed by atoms with Gasteiger partial charge in [-0.2, -0.15) is 0 Å². The minimum Gasteiger partial charge on any atom is -0.463 e. The number of anilines is 1. The summed E-state index contributed by atoms with van der Waals surface area (Å²) in [5.41, 5.74) is 4.63. The van der Waals surface area contributed by atoms with Gasteiger partial charge in [-0.25, -0.2) is 0 Å². The number of methoxy groups -OCH3 is 2. The third-order valence-corrected chi connectivity index (χ3v) is 10.5. The number of amides is 2. The van der Waals surface area contributed by atoms with Crippen LogP contribution in [0.2, 0.25) is 0 Å². The SMILES string of the molecule is COC1CN([C@H]2C[C@@H](COC3CCC(C=O)CC3)N(C(=O)Cc3cc(C)c(NC(=O)c4coc5ccccc45)cc3C)C2)C[C@@H]1OC. The minimum atomic E-state index is -0.236. The number of carbonyl (C=O) groups is 3. The van der Waals surface area contributed by atoms with Crippen LogP contribution >= 0.6 is 0 Å². The van der Waals surface area contributed by atoms with E-state index in [2.05, 4.69) is 10.2 Å². The Bertz CT molecular complexity index is 1570. The number of para-hydroxylation sites is 1. The molecule has 6 rings (SSSR count). The molecule has 1 aliphatic carbocycles. The Morgan fingerprint density at radius 1 is 0.979 bits per heavy atom. The van der Waals surface area contributed by atoms with E-state index < -0.39 is 0 Å². The highest BCUT2D eigenvalue weighted by Gasteiger charge is 2.43. The quantitative estimate of drug-likeness (QED) is 0.292. The topological polar surface area (TPSA) is 111 Å². The third-order valence-electron chi connectivity index (χ3n) is 10.5. The molecule has 3 aromatic rings. The number of likely N-dealkylation sites (tertiary alicyclic amines) is 2. The van der Waals surface area contributed by atoms with Crippen LogP contribution in [-0.4, -0.2) is 98.8 Å². The molecule has 3 aliphatic rings. The van der Waals surface area contributed by atoms with Gasteiger partial charge in [0.2, 0.25) is 5.91 Å². The summed E-state index contributed by atoms with van der Waals surface area (Å²) in [6.45, 7) is 6.58. The van der Waals surface area contributed by atoms with Gasteiger partial charge in [-0.1, -0.05) is 24.3 Å². The first-order valence-electron chi connectivity index (χ1n) is 16.8. The number of benzene rings is 2. The van der Waals surface area contributed by atoms with Gasteiger partial charge in [0.05, 0.1) is 42.9 Å². The summed E-state index contributed by atoms with van der Waals surface area (Å²) in [4.78, 5) is 42.9. The van der Waals surface area contributed by atoms with E-state index in [-0.39, 0.29) is 54.5 Å². The molecule has 3 heterocycles. The van der Waals surface area contributed by atoms with Gasteiger partial charge in [0.1, 0.15) is 18.1 Å². The summed E-state index contributed by atoms with van der Waals surface area (Å²) in [6.07, 6.45) is 7.26. The molecule has 1 aromatic heterocycles. The molecule has 1 saturated carbocycles. The van der Waals surface area contributed by atoms with Gasteiger partial charge in [0.25, 0.3) is 5.91 Å². The number of rotatable bonds is 11. The predicted molar refractivity (Wildman–Crippen MR) is 179 cm³/mol. The fraction of sp³-hybridized carbons (Fsp3) is 0.541. The number of hydrogen-bond acceptors (Lipinski definition) is 8. The highest BCUT2D eigenvalue weighted by atomic mass is 16.5. The molecule has 0 spiro atoms. The number of hydrogen-bond donors (Lipinski definition) is 1. The Balaban J connectivity index is 1.14. The molecule has 47 heavy (non-hydrogen) atoms. The first-order valence-corrected chi connectivity index (χ1v) is 16.8. The molecule has 0 bridgehead atoms. The summed E-state index contributed by atoms with van der Waals surface area (Å²) in [5.74, 6) is -0.0285. The van der Waals surface area contributed by atoms with Crippen molar-refractivity contribution < 1.29 is 33.0 Å². The molecule has 3 fully saturated rings. The molecule has 4 atom stereocenters.